The molecule has 0 unspecified atom stereocenters. The van der Waals surface area contributed by atoms with Crippen LogP contribution in [0.5, 0.6) is 0 Å². The molecule has 0 radical (unpaired) electrons. The zero-order valence-corrected chi connectivity index (χ0v) is 11.4. The van der Waals surface area contributed by atoms with E-state index in [0.29, 0.717) is 27.3 Å². The van der Waals surface area contributed by atoms with E-state index in [1.165, 1.54) is 11.8 Å². The normalized spacial score (nSPS) is 11.0. The third kappa shape index (κ3) is 2.67. The van der Waals surface area contributed by atoms with Gasteiger partial charge in [0.2, 0.25) is 0 Å². The molecule has 19 heavy (non-hydrogen) atoms. The lowest BCUT2D eigenvalue weighted by Crippen LogP contribution is -1.83. The molecule has 0 spiro atoms. The molecular formula is C13H10ClN3OS. The second kappa shape index (κ2) is 5.11. The van der Waals surface area contributed by atoms with Crippen molar-refractivity contribution < 1.29 is 4.42 Å². The predicted molar refractivity (Wildman–Crippen MR) is 77.2 cm³/mol. The fourth-order valence-electron chi connectivity index (χ4n) is 1.64. The van der Waals surface area contributed by atoms with Crippen LogP contribution in [0.2, 0.25) is 5.02 Å². The predicted octanol–water partition coefficient (Wildman–Crippen LogP) is 3.75. The van der Waals surface area contributed by atoms with E-state index in [9.17, 15) is 0 Å². The van der Waals surface area contributed by atoms with Crippen LogP contribution in [0.3, 0.4) is 0 Å². The molecular weight excluding hydrogens is 282 g/mol. The molecule has 0 bridgehead atoms. The van der Waals surface area contributed by atoms with Gasteiger partial charge in [0.15, 0.2) is 5.58 Å². The summed E-state index contributed by atoms with van der Waals surface area (Å²) < 4.78 is 5.62. The lowest BCUT2D eigenvalue weighted by Gasteiger charge is -1.99. The van der Waals surface area contributed by atoms with Crippen molar-refractivity contribution in [2.45, 2.75) is 11.0 Å². The van der Waals surface area contributed by atoms with Crippen molar-refractivity contribution in [3.05, 3.63) is 47.2 Å². The summed E-state index contributed by atoms with van der Waals surface area (Å²) in [6, 6.07) is 7.30. The van der Waals surface area contributed by atoms with Crippen molar-refractivity contribution in [1.29, 1.82) is 0 Å². The molecule has 0 amide bonds. The van der Waals surface area contributed by atoms with Crippen LogP contribution in [0.25, 0.3) is 11.1 Å². The lowest BCUT2D eigenvalue weighted by molar-refractivity contribution is 0.489. The number of benzene rings is 1. The van der Waals surface area contributed by atoms with Gasteiger partial charge in [-0.2, -0.15) is 0 Å². The highest BCUT2D eigenvalue weighted by Crippen LogP contribution is 2.28. The van der Waals surface area contributed by atoms with Crippen molar-refractivity contribution >= 4 is 40.1 Å². The number of hydrogen-bond acceptors (Lipinski definition) is 5. The van der Waals surface area contributed by atoms with Crippen LogP contribution in [0.1, 0.15) is 5.56 Å². The van der Waals surface area contributed by atoms with Gasteiger partial charge < -0.3 is 10.2 Å². The standard InChI is InChI=1S/C13H10ClN3OS/c14-10-6-16-4-3-8(10)7-19-13-17-11-2-1-9(15)5-12(11)18-13/h1-6H,7,15H2. The average Bonchev–Trinajstić information content (AvgIpc) is 2.79. The summed E-state index contributed by atoms with van der Waals surface area (Å²) in [6.45, 7) is 0. The SMILES string of the molecule is Nc1ccc2nc(SCc3ccncc3Cl)oc2c1. The number of aromatic nitrogens is 2. The van der Waals surface area contributed by atoms with E-state index in [1.807, 2.05) is 12.1 Å². The maximum atomic E-state index is 6.05. The fraction of sp³-hybridized carbons (Fsp3) is 0.0769. The number of halogens is 1. The largest absolute Gasteiger partial charge is 0.431 e. The van der Waals surface area contributed by atoms with E-state index in [-0.39, 0.29) is 0 Å². The minimum absolute atomic E-state index is 0.605. The van der Waals surface area contributed by atoms with E-state index >= 15 is 0 Å². The Morgan fingerprint density at radius 3 is 3.05 bits per heavy atom. The van der Waals surface area contributed by atoms with Gasteiger partial charge in [-0.3, -0.25) is 4.98 Å². The molecule has 96 valence electrons. The number of pyridine rings is 1. The third-order valence-electron chi connectivity index (χ3n) is 2.60. The molecule has 3 aromatic rings. The summed E-state index contributed by atoms with van der Waals surface area (Å²) >= 11 is 7.54. The van der Waals surface area contributed by atoms with Crippen molar-refractivity contribution in [1.82, 2.24) is 9.97 Å². The Labute approximate surface area is 119 Å². The highest BCUT2D eigenvalue weighted by atomic mass is 35.5. The van der Waals surface area contributed by atoms with Crippen molar-refractivity contribution in [3.63, 3.8) is 0 Å². The first kappa shape index (κ1) is 12.3. The van der Waals surface area contributed by atoms with Gasteiger partial charge in [-0.05, 0) is 23.8 Å². The number of oxazole rings is 1. The molecule has 1 aromatic carbocycles. The highest BCUT2D eigenvalue weighted by molar-refractivity contribution is 7.98. The first-order valence-electron chi connectivity index (χ1n) is 5.59. The van der Waals surface area contributed by atoms with E-state index in [2.05, 4.69) is 9.97 Å². The second-order valence-corrected chi connectivity index (χ2v) is 5.30. The number of hydrogen-bond donors (Lipinski definition) is 1. The minimum Gasteiger partial charge on any atom is -0.431 e. The van der Waals surface area contributed by atoms with Crippen LogP contribution < -0.4 is 5.73 Å². The van der Waals surface area contributed by atoms with Gasteiger partial charge in [-0.15, -0.1) is 0 Å². The molecule has 0 saturated carbocycles. The molecule has 0 aliphatic heterocycles. The Hall–Kier alpha value is -1.72. The minimum atomic E-state index is 0.605. The monoisotopic (exact) mass is 291 g/mol. The number of nitrogens with two attached hydrogens (primary N) is 1. The van der Waals surface area contributed by atoms with Crippen LogP contribution in [0.15, 0.2) is 46.3 Å². The zero-order chi connectivity index (χ0) is 13.2. The molecule has 2 heterocycles. The fourth-order valence-corrected chi connectivity index (χ4v) is 2.75. The summed E-state index contributed by atoms with van der Waals surface area (Å²) in [5.74, 6) is 0.684. The van der Waals surface area contributed by atoms with Gasteiger partial charge in [0.25, 0.3) is 5.22 Å². The Kier molecular flexibility index (Phi) is 3.31. The van der Waals surface area contributed by atoms with Crippen LogP contribution in [0, 0.1) is 0 Å². The Balaban J connectivity index is 1.80. The summed E-state index contributed by atoms with van der Waals surface area (Å²) in [6.07, 6.45) is 3.35. The summed E-state index contributed by atoms with van der Waals surface area (Å²) in [4.78, 5) is 8.33. The lowest BCUT2D eigenvalue weighted by atomic mass is 10.3. The number of fused-ring (bicyclic) bond motifs is 1. The van der Waals surface area contributed by atoms with Crippen LogP contribution in [-0.4, -0.2) is 9.97 Å². The quantitative estimate of drug-likeness (QED) is 0.588. The smallest absolute Gasteiger partial charge is 0.257 e. The van der Waals surface area contributed by atoms with Gasteiger partial charge in [-0.25, -0.2) is 4.98 Å². The second-order valence-electron chi connectivity index (χ2n) is 3.96. The Morgan fingerprint density at radius 2 is 2.21 bits per heavy atom. The maximum Gasteiger partial charge on any atom is 0.257 e. The maximum absolute atomic E-state index is 6.05. The summed E-state index contributed by atoms with van der Waals surface area (Å²) in [7, 11) is 0. The molecule has 0 atom stereocenters. The number of nitrogen functional groups attached to an aromatic ring is 1. The van der Waals surface area contributed by atoms with Gasteiger partial charge in [0, 0.05) is 29.9 Å². The average molecular weight is 292 g/mol. The zero-order valence-electron chi connectivity index (χ0n) is 9.84. The van der Waals surface area contributed by atoms with Gasteiger partial charge in [0.05, 0.1) is 5.02 Å². The summed E-state index contributed by atoms with van der Waals surface area (Å²) in [5.41, 5.74) is 8.87. The molecule has 2 N–H and O–H groups in total. The summed E-state index contributed by atoms with van der Waals surface area (Å²) in [5, 5.41) is 1.25. The third-order valence-corrected chi connectivity index (χ3v) is 3.82. The van der Waals surface area contributed by atoms with E-state index < -0.39 is 0 Å². The molecule has 3 rings (SSSR count). The number of thioether (sulfide) groups is 1. The first-order valence-corrected chi connectivity index (χ1v) is 6.96. The van der Waals surface area contributed by atoms with E-state index in [1.54, 1.807) is 24.5 Å². The number of rotatable bonds is 3. The first-order chi connectivity index (χ1) is 9.22. The molecule has 0 saturated heterocycles. The van der Waals surface area contributed by atoms with Crippen LogP contribution in [-0.2, 0) is 5.75 Å². The van der Waals surface area contributed by atoms with E-state index in [4.69, 9.17) is 21.8 Å². The van der Waals surface area contributed by atoms with Crippen LogP contribution in [0.4, 0.5) is 5.69 Å². The van der Waals surface area contributed by atoms with Crippen molar-refractivity contribution in [2.24, 2.45) is 0 Å². The molecule has 0 aliphatic rings. The van der Waals surface area contributed by atoms with Crippen LogP contribution >= 0.6 is 23.4 Å². The van der Waals surface area contributed by atoms with Gasteiger partial charge >= 0.3 is 0 Å². The Morgan fingerprint density at radius 1 is 1.32 bits per heavy atom. The van der Waals surface area contributed by atoms with Gasteiger partial charge in [0.1, 0.15) is 5.52 Å². The van der Waals surface area contributed by atoms with Crippen molar-refractivity contribution in [3.8, 4) is 0 Å². The number of nitrogens with zero attached hydrogens (tertiary/aromatic N) is 2. The number of anilines is 1. The Bertz CT molecular complexity index is 729. The topological polar surface area (TPSA) is 64.9 Å². The molecule has 2 aromatic heterocycles. The molecule has 0 aliphatic carbocycles. The molecule has 0 fully saturated rings. The van der Waals surface area contributed by atoms with Gasteiger partial charge in [-0.1, -0.05) is 23.4 Å². The molecule has 6 heteroatoms. The van der Waals surface area contributed by atoms with E-state index in [0.717, 1.165) is 11.1 Å². The van der Waals surface area contributed by atoms with Crippen molar-refractivity contribution in [2.75, 3.05) is 5.73 Å². The molecule has 4 nitrogen and oxygen atoms in total. The highest BCUT2D eigenvalue weighted by Gasteiger charge is 2.08.